The van der Waals surface area contributed by atoms with Gasteiger partial charge in [0.1, 0.15) is 5.82 Å². The van der Waals surface area contributed by atoms with Gasteiger partial charge >= 0.3 is 0 Å². The molecule has 0 aliphatic heterocycles. The molecule has 1 aromatic heterocycles. The number of fused-ring (bicyclic) bond motifs is 2. The molecule has 1 heterocycles. The average Bonchev–Trinajstić information content (AvgIpc) is 3.02. The summed E-state index contributed by atoms with van der Waals surface area (Å²) in [6.07, 6.45) is 2.28. The maximum absolute atomic E-state index is 13.6. The van der Waals surface area contributed by atoms with E-state index in [-0.39, 0.29) is 18.1 Å². The van der Waals surface area contributed by atoms with Gasteiger partial charge in [0.2, 0.25) is 0 Å². The Labute approximate surface area is 170 Å². The molecule has 0 spiro atoms. The van der Waals surface area contributed by atoms with Crippen LogP contribution in [0, 0.1) is 5.82 Å². The van der Waals surface area contributed by atoms with Crippen molar-refractivity contribution in [1.82, 2.24) is 4.57 Å². The Morgan fingerprint density at radius 2 is 1.96 bits per heavy atom. The number of rotatable bonds is 5. The summed E-state index contributed by atoms with van der Waals surface area (Å²) >= 11 is 3.08. The molecule has 0 bridgehead atoms. The van der Waals surface area contributed by atoms with Crippen molar-refractivity contribution in [2.45, 2.75) is 13.0 Å². The summed E-state index contributed by atoms with van der Waals surface area (Å²) in [5, 5.41) is 2.18. The molecule has 3 nitrogen and oxygen atoms in total. The second-order valence-corrected chi connectivity index (χ2v) is 8.46. The van der Waals surface area contributed by atoms with Gasteiger partial charge in [0, 0.05) is 12.3 Å². The number of carbonyl (C=O) groups excluding carboxylic acids is 1. The van der Waals surface area contributed by atoms with Gasteiger partial charge in [-0.25, -0.2) is 4.39 Å². The summed E-state index contributed by atoms with van der Waals surface area (Å²) in [6, 6.07) is 18.7. The maximum Gasteiger partial charge on any atom is 0.252 e. The van der Waals surface area contributed by atoms with Crippen molar-refractivity contribution in [2.75, 3.05) is 12.0 Å². The molecule has 0 unspecified atom stereocenters. The molecule has 3 aromatic carbocycles. The number of aromatic nitrogens is 1. The van der Waals surface area contributed by atoms with Crippen molar-refractivity contribution >= 4 is 50.0 Å². The zero-order chi connectivity index (χ0) is 19.5. The summed E-state index contributed by atoms with van der Waals surface area (Å²) in [5.41, 5.74) is 1.88. The first-order chi connectivity index (χ1) is 13.7. The van der Waals surface area contributed by atoms with Crippen LogP contribution in [0.4, 0.5) is 4.39 Å². The molecule has 0 aliphatic rings. The first-order valence-corrected chi connectivity index (χ1v) is 11.2. The van der Waals surface area contributed by atoms with Crippen LogP contribution in [0.25, 0.3) is 21.0 Å². The monoisotopic (exact) mass is 410 g/mol. The quantitative estimate of drug-likeness (QED) is 0.463. The van der Waals surface area contributed by atoms with E-state index < -0.39 is 0 Å². The molecule has 28 heavy (non-hydrogen) atoms. The van der Waals surface area contributed by atoms with E-state index in [0.717, 1.165) is 38.9 Å². The summed E-state index contributed by atoms with van der Waals surface area (Å²) in [5.74, 6) is 0.425. The summed E-state index contributed by atoms with van der Waals surface area (Å²) in [6.45, 7) is 0.729. The number of hydrogen-bond acceptors (Lipinski definition) is 3. The Balaban J connectivity index is 1.73. The molecule has 0 radical (unpaired) electrons. The summed E-state index contributed by atoms with van der Waals surface area (Å²) in [4.78, 5) is 17.8. The molecule has 1 amide bonds. The molecule has 0 aliphatic carbocycles. The van der Waals surface area contributed by atoms with Crippen LogP contribution in [0.5, 0.6) is 0 Å². The fourth-order valence-corrected chi connectivity index (χ4v) is 4.75. The highest BCUT2D eigenvalue weighted by Gasteiger charge is 2.10. The van der Waals surface area contributed by atoms with Gasteiger partial charge in [0.25, 0.3) is 5.91 Å². The van der Waals surface area contributed by atoms with E-state index in [1.54, 1.807) is 17.8 Å². The topological polar surface area (TPSA) is 34.4 Å². The van der Waals surface area contributed by atoms with E-state index in [1.165, 1.54) is 23.5 Å². The Kier molecular flexibility index (Phi) is 5.59. The Morgan fingerprint density at radius 3 is 2.82 bits per heavy atom. The number of benzene rings is 3. The van der Waals surface area contributed by atoms with E-state index in [1.807, 2.05) is 53.3 Å². The minimum absolute atomic E-state index is 0.193. The highest BCUT2D eigenvalue weighted by Crippen LogP contribution is 2.21. The summed E-state index contributed by atoms with van der Waals surface area (Å²) in [7, 11) is 0. The van der Waals surface area contributed by atoms with Crippen LogP contribution in [0.2, 0.25) is 0 Å². The van der Waals surface area contributed by atoms with Crippen molar-refractivity contribution in [3.05, 3.63) is 76.8 Å². The first-order valence-electron chi connectivity index (χ1n) is 8.98. The predicted octanol–water partition coefficient (Wildman–Crippen LogP) is 5.03. The van der Waals surface area contributed by atoms with Gasteiger partial charge in [-0.3, -0.25) is 4.79 Å². The Bertz CT molecular complexity index is 1220. The van der Waals surface area contributed by atoms with Crippen LogP contribution < -0.4 is 4.80 Å². The fraction of sp³-hybridized carbons (Fsp3) is 0.182. The van der Waals surface area contributed by atoms with E-state index in [2.05, 4.69) is 4.99 Å². The molecule has 0 fully saturated rings. The predicted molar refractivity (Wildman–Crippen MR) is 116 cm³/mol. The molecule has 0 saturated carbocycles. The molecular weight excluding hydrogens is 391 g/mol. The van der Waals surface area contributed by atoms with E-state index in [4.69, 9.17) is 0 Å². The number of thioether (sulfide) groups is 1. The van der Waals surface area contributed by atoms with Crippen LogP contribution in [-0.4, -0.2) is 22.5 Å². The van der Waals surface area contributed by atoms with E-state index in [0.29, 0.717) is 4.80 Å². The minimum Gasteiger partial charge on any atom is -0.316 e. The highest BCUT2D eigenvalue weighted by atomic mass is 32.2. The standard InChI is InChI=1S/C22H19FN2OS2/c1-27-12-11-25-19-10-9-17(23)14-20(19)28-22(25)24-21(26)13-16-7-4-6-15-5-2-3-8-18(15)16/h2-10,14H,11-13H2,1H3. The number of halogens is 1. The zero-order valence-electron chi connectivity index (χ0n) is 15.4. The van der Waals surface area contributed by atoms with Gasteiger partial charge in [0.15, 0.2) is 4.80 Å². The smallest absolute Gasteiger partial charge is 0.252 e. The normalized spacial score (nSPS) is 12.1. The minimum atomic E-state index is -0.278. The van der Waals surface area contributed by atoms with E-state index in [9.17, 15) is 9.18 Å². The summed E-state index contributed by atoms with van der Waals surface area (Å²) < 4.78 is 16.4. The number of hydrogen-bond donors (Lipinski definition) is 0. The van der Waals surface area contributed by atoms with Crippen molar-refractivity contribution < 1.29 is 9.18 Å². The molecule has 4 rings (SSSR count). The molecular formula is C22H19FN2OS2. The van der Waals surface area contributed by atoms with Crippen molar-refractivity contribution in [3.8, 4) is 0 Å². The average molecular weight is 411 g/mol. The number of amides is 1. The van der Waals surface area contributed by atoms with Gasteiger partial charge in [-0.15, -0.1) is 0 Å². The van der Waals surface area contributed by atoms with Crippen LogP contribution in [0.15, 0.2) is 65.7 Å². The highest BCUT2D eigenvalue weighted by molar-refractivity contribution is 7.98. The van der Waals surface area contributed by atoms with Crippen molar-refractivity contribution in [3.63, 3.8) is 0 Å². The van der Waals surface area contributed by atoms with Gasteiger partial charge in [-0.1, -0.05) is 53.8 Å². The third kappa shape index (κ3) is 3.88. The second kappa shape index (κ2) is 8.29. The molecule has 0 N–H and O–H groups in total. The number of thiazole rings is 1. The lowest BCUT2D eigenvalue weighted by Crippen LogP contribution is -2.18. The lowest BCUT2D eigenvalue weighted by Gasteiger charge is -2.05. The number of aryl methyl sites for hydroxylation is 1. The van der Waals surface area contributed by atoms with Gasteiger partial charge in [0.05, 0.1) is 16.6 Å². The van der Waals surface area contributed by atoms with Gasteiger partial charge < -0.3 is 4.57 Å². The molecule has 0 saturated heterocycles. The number of nitrogens with zero attached hydrogens (tertiary/aromatic N) is 2. The first kappa shape index (κ1) is 18.9. The van der Waals surface area contributed by atoms with Crippen LogP contribution >= 0.6 is 23.1 Å². The van der Waals surface area contributed by atoms with E-state index >= 15 is 0 Å². The Hall–Kier alpha value is -2.44. The van der Waals surface area contributed by atoms with Crippen molar-refractivity contribution in [2.24, 2.45) is 4.99 Å². The molecule has 0 atom stereocenters. The van der Waals surface area contributed by atoms with Gasteiger partial charge in [-0.2, -0.15) is 16.8 Å². The molecule has 142 valence electrons. The van der Waals surface area contributed by atoms with Crippen LogP contribution in [-0.2, 0) is 17.8 Å². The third-order valence-electron chi connectivity index (χ3n) is 4.61. The second-order valence-electron chi connectivity index (χ2n) is 6.46. The van der Waals surface area contributed by atoms with Crippen molar-refractivity contribution in [1.29, 1.82) is 0 Å². The van der Waals surface area contributed by atoms with Crippen LogP contribution in [0.1, 0.15) is 5.56 Å². The lowest BCUT2D eigenvalue weighted by molar-refractivity contribution is -0.117. The lowest BCUT2D eigenvalue weighted by atomic mass is 10.0. The fourth-order valence-electron chi connectivity index (χ4n) is 3.29. The molecule has 6 heteroatoms. The third-order valence-corrected chi connectivity index (χ3v) is 6.24. The number of carbonyl (C=O) groups is 1. The van der Waals surface area contributed by atoms with Gasteiger partial charge in [-0.05, 0) is 40.8 Å². The maximum atomic E-state index is 13.6. The SMILES string of the molecule is CSCCn1c(=NC(=O)Cc2cccc3ccccc23)sc2cc(F)ccc21. The molecule has 4 aromatic rings. The Morgan fingerprint density at radius 1 is 1.14 bits per heavy atom. The largest absolute Gasteiger partial charge is 0.316 e. The van der Waals surface area contributed by atoms with Crippen LogP contribution in [0.3, 0.4) is 0 Å². The zero-order valence-corrected chi connectivity index (χ0v) is 17.0.